The predicted octanol–water partition coefficient (Wildman–Crippen LogP) is 7.27. The van der Waals surface area contributed by atoms with E-state index in [1.54, 1.807) is 34.6 Å². The zero-order chi connectivity index (χ0) is 29.3. The van der Waals surface area contributed by atoms with Gasteiger partial charge >= 0.3 is 12.3 Å². The monoisotopic (exact) mass is 573 g/mol. The zero-order valence-electron chi connectivity index (χ0n) is 22.6. The van der Waals surface area contributed by atoms with Gasteiger partial charge in [0.05, 0.1) is 5.56 Å². The fraction of sp³-hybridized carbons (Fsp3) is 0.500. The van der Waals surface area contributed by atoms with Crippen molar-refractivity contribution < 1.29 is 41.4 Å². The van der Waals surface area contributed by atoms with Crippen molar-refractivity contribution in [1.29, 1.82) is 0 Å². The largest absolute Gasteiger partial charge is 0.573 e. The van der Waals surface area contributed by atoms with Crippen LogP contribution in [0.5, 0.6) is 11.5 Å². The Labute approximate surface area is 230 Å². The number of nitrogens with zero attached hydrogens (tertiary/aromatic N) is 1. The Morgan fingerprint density at radius 2 is 1.67 bits per heavy atom. The first-order chi connectivity index (χ1) is 17.9. The van der Waals surface area contributed by atoms with Gasteiger partial charge < -0.3 is 19.1 Å². The van der Waals surface area contributed by atoms with Crippen LogP contribution in [0.3, 0.4) is 0 Å². The summed E-state index contributed by atoms with van der Waals surface area (Å²) in [7, 11) is 1.43. The molecule has 11 heteroatoms. The second-order valence-corrected chi connectivity index (χ2v) is 11.3. The lowest BCUT2D eigenvalue weighted by Gasteiger charge is -2.32. The van der Waals surface area contributed by atoms with E-state index >= 15 is 4.39 Å². The van der Waals surface area contributed by atoms with Crippen molar-refractivity contribution in [2.75, 3.05) is 7.05 Å². The van der Waals surface area contributed by atoms with Crippen LogP contribution in [0.25, 0.3) is 0 Å². The lowest BCUT2D eigenvalue weighted by molar-refractivity contribution is -0.274. The first kappa shape index (κ1) is 30.5. The van der Waals surface area contributed by atoms with Crippen molar-refractivity contribution in [1.82, 2.24) is 4.90 Å². The molecule has 1 aliphatic carbocycles. The molecule has 0 spiro atoms. The molecule has 1 unspecified atom stereocenters. The van der Waals surface area contributed by atoms with Gasteiger partial charge in [-0.1, -0.05) is 25.4 Å². The Kier molecular flexibility index (Phi) is 9.09. The Hall–Kier alpha value is -3.01. The number of carbonyl (C=O) groups excluding carboxylic acids is 2. The molecule has 2 aromatic carbocycles. The highest BCUT2D eigenvalue weighted by atomic mass is 35.5. The molecular formula is C28H32ClF4NO5. The summed E-state index contributed by atoms with van der Waals surface area (Å²) in [5, 5.41) is -0.0333. The Morgan fingerprint density at radius 3 is 2.21 bits per heavy atom. The summed E-state index contributed by atoms with van der Waals surface area (Å²) < 4.78 is 68.2. The summed E-state index contributed by atoms with van der Waals surface area (Å²) >= 11 is 5.91. The van der Waals surface area contributed by atoms with E-state index in [0.29, 0.717) is 11.1 Å². The van der Waals surface area contributed by atoms with Gasteiger partial charge in [0.1, 0.15) is 35.6 Å². The predicted molar refractivity (Wildman–Crippen MR) is 137 cm³/mol. The standard InChI is InChI=1S/C28H32ClF4NO5/c1-15(2)24(26(36)39-27(3,4)5)34(6)25(35)22-13-21(16-7-8-16)17(9-23(22)30)14-37-19-10-18(29)11-20(12-19)38-28(31,32)33/h9-13,15-16,24H,7-8,14H2,1-6H3. The number of likely N-dealkylation sites (N-methyl/N-ethyl adjacent to an activating group) is 1. The molecule has 1 atom stereocenters. The van der Waals surface area contributed by atoms with Gasteiger partial charge in [-0.05, 0) is 80.8 Å². The number of carbonyl (C=O) groups is 2. The van der Waals surface area contributed by atoms with Crippen LogP contribution in [-0.2, 0) is 16.1 Å². The Balaban J connectivity index is 1.86. The van der Waals surface area contributed by atoms with E-state index in [1.807, 2.05) is 0 Å². The molecule has 1 amide bonds. The molecule has 0 bridgehead atoms. The molecule has 0 radical (unpaired) electrons. The van der Waals surface area contributed by atoms with E-state index in [-0.39, 0.29) is 34.8 Å². The SMILES string of the molecule is CC(C)C(C(=O)OC(C)(C)C)N(C)C(=O)c1cc(C2CC2)c(COc2cc(Cl)cc(OC(F)(F)F)c2)cc1F. The number of hydrogen-bond donors (Lipinski definition) is 0. The van der Waals surface area contributed by atoms with Crippen molar-refractivity contribution in [3.8, 4) is 11.5 Å². The summed E-state index contributed by atoms with van der Waals surface area (Å²) in [6, 6.07) is 5.06. The molecule has 1 saturated carbocycles. The third kappa shape index (κ3) is 8.49. The number of halogens is 5. The van der Waals surface area contributed by atoms with Crippen LogP contribution in [0.1, 0.15) is 74.9 Å². The first-order valence-electron chi connectivity index (χ1n) is 12.5. The number of esters is 1. The van der Waals surface area contributed by atoms with Crippen molar-refractivity contribution in [2.45, 2.75) is 78.0 Å². The van der Waals surface area contributed by atoms with E-state index in [1.165, 1.54) is 30.1 Å². The highest BCUT2D eigenvalue weighted by Gasteiger charge is 2.36. The van der Waals surface area contributed by atoms with Gasteiger partial charge in [0.2, 0.25) is 0 Å². The third-order valence-corrected chi connectivity index (χ3v) is 6.18. The molecule has 6 nitrogen and oxygen atoms in total. The molecule has 1 aliphatic rings. The minimum atomic E-state index is -4.90. The maximum absolute atomic E-state index is 15.3. The number of ether oxygens (including phenoxy) is 3. The van der Waals surface area contributed by atoms with Gasteiger partial charge in [0.15, 0.2) is 0 Å². The molecule has 0 saturated heterocycles. The minimum Gasteiger partial charge on any atom is -0.489 e. The topological polar surface area (TPSA) is 65.1 Å². The second kappa shape index (κ2) is 11.6. The second-order valence-electron chi connectivity index (χ2n) is 10.9. The van der Waals surface area contributed by atoms with E-state index in [2.05, 4.69) is 4.74 Å². The molecule has 0 aliphatic heterocycles. The maximum atomic E-state index is 15.3. The van der Waals surface area contributed by atoms with Crippen molar-refractivity contribution >= 4 is 23.5 Å². The average Bonchev–Trinajstić information content (AvgIpc) is 3.59. The first-order valence-corrected chi connectivity index (χ1v) is 12.8. The van der Waals surface area contributed by atoms with Crippen molar-refractivity contribution in [3.63, 3.8) is 0 Å². The molecule has 0 N–H and O–H groups in total. The fourth-order valence-corrected chi connectivity index (χ4v) is 4.44. The van der Waals surface area contributed by atoms with Gasteiger partial charge in [0, 0.05) is 18.1 Å². The van der Waals surface area contributed by atoms with Crippen LogP contribution in [-0.4, -0.2) is 41.8 Å². The Morgan fingerprint density at radius 1 is 1.05 bits per heavy atom. The number of amides is 1. The number of benzene rings is 2. The van der Waals surface area contributed by atoms with E-state index in [4.69, 9.17) is 21.1 Å². The van der Waals surface area contributed by atoms with E-state index in [0.717, 1.165) is 25.0 Å². The van der Waals surface area contributed by atoms with Gasteiger partial charge in [-0.2, -0.15) is 0 Å². The minimum absolute atomic E-state index is 0.000859. The van der Waals surface area contributed by atoms with Crippen molar-refractivity contribution in [3.05, 3.63) is 57.9 Å². The van der Waals surface area contributed by atoms with E-state index in [9.17, 15) is 22.8 Å². The summed E-state index contributed by atoms with van der Waals surface area (Å²) in [5.41, 5.74) is 0.185. The lowest BCUT2D eigenvalue weighted by Crippen LogP contribution is -2.48. The van der Waals surface area contributed by atoms with Crippen LogP contribution in [0.2, 0.25) is 5.02 Å². The van der Waals surface area contributed by atoms with Gasteiger partial charge in [-0.3, -0.25) is 4.79 Å². The molecule has 2 aromatic rings. The average molecular weight is 574 g/mol. The fourth-order valence-electron chi connectivity index (χ4n) is 4.22. The molecule has 3 rings (SSSR count). The summed E-state index contributed by atoms with van der Waals surface area (Å²) in [5.74, 6) is -2.83. The molecular weight excluding hydrogens is 542 g/mol. The summed E-state index contributed by atoms with van der Waals surface area (Å²) in [6.45, 7) is 8.53. The summed E-state index contributed by atoms with van der Waals surface area (Å²) in [6.07, 6.45) is -3.25. The number of alkyl halides is 3. The summed E-state index contributed by atoms with van der Waals surface area (Å²) in [4.78, 5) is 27.4. The van der Waals surface area contributed by atoms with Gasteiger partial charge in [0.25, 0.3) is 5.91 Å². The van der Waals surface area contributed by atoms with Gasteiger partial charge in [-0.15, -0.1) is 13.2 Å². The lowest BCUT2D eigenvalue weighted by atomic mass is 9.97. The molecule has 0 heterocycles. The van der Waals surface area contributed by atoms with Gasteiger partial charge in [-0.25, -0.2) is 9.18 Å². The van der Waals surface area contributed by atoms with Crippen LogP contribution < -0.4 is 9.47 Å². The van der Waals surface area contributed by atoms with Crippen LogP contribution >= 0.6 is 11.6 Å². The van der Waals surface area contributed by atoms with Crippen LogP contribution in [0.4, 0.5) is 17.6 Å². The normalized spacial score (nSPS) is 14.7. The van der Waals surface area contributed by atoms with Crippen LogP contribution in [0, 0.1) is 11.7 Å². The molecule has 1 fully saturated rings. The maximum Gasteiger partial charge on any atom is 0.573 e. The molecule has 214 valence electrons. The Bertz CT molecular complexity index is 1220. The van der Waals surface area contributed by atoms with Crippen molar-refractivity contribution in [2.24, 2.45) is 5.92 Å². The highest BCUT2D eigenvalue weighted by molar-refractivity contribution is 6.30. The quantitative estimate of drug-likeness (QED) is 0.233. The van der Waals surface area contributed by atoms with Crippen LogP contribution in [0.15, 0.2) is 30.3 Å². The zero-order valence-corrected chi connectivity index (χ0v) is 23.4. The highest BCUT2D eigenvalue weighted by Crippen LogP contribution is 2.43. The molecule has 39 heavy (non-hydrogen) atoms. The molecule has 0 aromatic heterocycles. The third-order valence-electron chi connectivity index (χ3n) is 5.97. The number of rotatable bonds is 9. The van der Waals surface area contributed by atoms with E-state index < -0.39 is 41.4 Å². The smallest absolute Gasteiger partial charge is 0.489 e. The number of hydrogen-bond acceptors (Lipinski definition) is 5.